The highest BCUT2D eigenvalue weighted by molar-refractivity contribution is 5.65. The van der Waals surface area contributed by atoms with Crippen molar-refractivity contribution in [3.8, 4) is 11.5 Å². The Hall–Kier alpha value is -3.34. The molecule has 1 unspecified atom stereocenters. The Morgan fingerprint density at radius 1 is 0.893 bits per heavy atom. The van der Waals surface area contributed by atoms with Crippen LogP contribution >= 0.6 is 0 Å². The third kappa shape index (κ3) is 5.84. The second-order valence-corrected chi connectivity index (χ2v) is 6.21. The number of carbonyl (C=O) groups is 1. The van der Waals surface area contributed by atoms with E-state index in [1.165, 1.54) is 19.1 Å². The summed E-state index contributed by atoms with van der Waals surface area (Å²) < 4.78 is 29.7. The van der Waals surface area contributed by atoms with Crippen molar-refractivity contribution < 1.29 is 23.4 Å². The van der Waals surface area contributed by atoms with E-state index >= 15 is 0 Å². The predicted molar refractivity (Wildman–Crippen MR) is 104 cm³/mol. The smallest absolute Gasteiger partial charge is 0.302 e. The van der Waals surface area contributed by atoms with E-state index in [1.807, 2.05) is 54.6 Å². The Balaban J connectivity index is 1.62. The van der Waals surface area contributed by atoms with Gasteiger partial charge in [0.15, 0.2) is 6.10 Å². The zero-order chi connectivity index (χ0) is 19.8. The van der Waals surface area contributed by atoms with Crippen LogP contribution in [0.25, 0.3) is 0 Å². The van der Waals surface area contributed by atoms with Gasteiger partial charge in [-0.15, -0.1) is 0 Å². The highest BCUT2D eigenvalue weighted by Gasteiger charge is 2.15. The Bertz CT molecular complexity index is 877. The Labute approximate surface area is 163 Å². The summed E-state index contributed by atoms with van der Waals surface area (Å²) in [5.41, 5.74) is 1.88. The minimum absolute atomic E-state index is 0.134. The van der Waals surface area contributed by atoms with Crippen LogP contribution in [0.3, 0.4) is 0 Å². The van der Waals surface area contributed by atoms with Crippen molar-refractivity contribution in [2.45, 2.75) is 19.6 Å². The van der Waals surface area contributed by atoms with Crippen LogP contribution < -0.4 is 9.47 Å². The highest BCUT2D eigenvalue weighted by Crippen LogP contribution is 2.23. The fourth-order valence-electron chi connectivity index (χ4n) is 2.59. The van der Waals surface area contributed by atoms with Gasteiger partial charge in [-0.3, -0.25) is 4.79 Å². The van der Waals surface area contributed by atoms with E-state index in [-0.39, 0.29) is 18.4 Å². The Morgan fingerprint density at radius 3 is 2.18 bits per heavy atom. The molecule has 3 aromatic rings. The molecule has 0 fully saturated rings. The van der Waals surface area contributed by atoms with Gasteiger partial charge in [0.25, 0.3) is 0 Å². The zero-order valence-corrected chi connectivity index (χ0v) is 15.5. The second kappa shape index (κ2) is 9.55. The summed E-state index contributed by atoms with van der Waals surface area (Å²) in [5.74, 6) is 0.618. The molecule has 0 aliphatic rings. The van der Waals surface area contributed by atoms with Crippen LogP contribution in [0, 0.1) is 5.82 Å². The lowest BCUT2D eigenvalue weighted by molar-refractivity contribution is -0.143. The summed E-state index contributed by atoms with van der Waals surface area (Å²) in [5, 5.41) is 0. The first-order valence-electron chi connectivity index (χ1n) is 8.92. The number of hydrogen-bond acceptors (Lipinski definition) is 4. The minimum Gasteiger partial charge on any atom is -0.489 e. The molecule has 28 heavy (non-hydrogen) atoms. The van der Waals surface area contributed by atoms with Crippen LogP contribution in [-0.4, -0.2) is 12.6 Å². The maximum absolute atomic E-state index is 12.9. The van der Waals surface area contributed by atoms with Crippen LogP contribution in [-0.2, 0) is 16.1 Å². The van der Waals surface area contributed by atoms with Gasteiger partial charge in [-0.05, 0) is 47.5 Å². The first-order chi connectivity index (χ1) is 13.6. The number of carbonyl (C=O) groups excluding carboxylic acids is 1. The molecule has 3 aromatic carbocycles. The third-order valence-electron chi connectivity index (χ3n) is 4.03. The van der Waals surface area contributed by atoms with Gasteiger partial charge in [-0.1, -0.05) is 42.5 Å². The van der Waals surface area contributed by atoms with Gasteiger partial charge >= 0.3 is 5.97 Å². The minimum atomic E-state index is -0.397. The molecule has 5 heteroatoms. The first-order valence-corrected chi connectivity index (χ1v) is 8.92. The van der Waals surface area contributed by atoms with Crippen LogP contribution in [0.2, 0.25) is 0 Å². The molecule has 0 aliphatic heterocycles. The normalized spacial score (nSPS) is 11.5. The van der Waals surface area contributed by atoms with Crippen LogP contribution in [0.4, 0.5) is 4.39 Å². The molecule has 3 rings (SSSR count). The van der Waals surface area contributed by atoms with E-state index < -0.39 is 6.10 Å². The summed E-state index contributed by atoms with van der Waals surface area (Å²) in [4.78, 5) is 11.2. The number of benzene rings is 3. The van der Waals surface area contributed by atoms with Crippen molar-refractivity contribution in [1.82, 2.24) is 0 Å². The molecule has 0 aliphatic carbocycles. The molecule has 0 amide bonds. The van der Waals surface area contributed by atoms with Gasteiger partial charge in [0, 0.05) is 6.92 Å². The highest BCUT2D eigenvalue weighted by atomic mass is 19.1. The number of esters is 1. The number of ether oxygens (including phenoxy) is 3. The molecule has 0 heterocycles. The van der Waals surface area contributed by atoms with Crippen molar-refractivity contribution in [3.05, 3.63) is 95.8 Å². The van der Waals surface area contributed by atoms with E-state index in [2.05, 4.69) is 0 Å². The molecule has 0 spiro atoms. The topological polar surface area (TPSA) is 44.8 Å². The monoisotopic (exact) mass is 380 g/mol. The van der Waals surface area contributed by atoms with Crippen molar-refractivity contribution in [2.75, 3.05) is 6.61 Å². The summed E-state index contributed by atoms with van der Waals surface area (Å²) in [6.45, 7) is 1.87. The van der Waals surface area contributed by atoms with Gasteiger partial charge in [0.05, 0.1) is 0 Å². The molecule has 4 nitrogen and oxygen atoms in total. The molecule has 0 saturated heterocycles. The summed E-state index contributed by atoms with van der Waals surface area (Å²) in [6.07, 6.45) is -0.397. The number of halogens is 1. The molecule has 1 atom stereocenters. The average Bonchev–Trinajstić information content (AvgIpc) is 2.72. The lowest BCUT2D eigenvalue weighted by atomic mass is 10.1. The number of hydrogen-bond donors (Lipinski definition) is 0. The van der Waals surface area contributed by atoms with Gasteiger partial charge < -0.3 is 14.2 Å². The molecule has 0 saturated carbocycles. The summed E-state index contributed by atoms with van der Waals surface area (Å²) >= 11 is 0. The Kier molecular flexibility index (Phi) is 6.63. The largest absolute Gasteiger partial charge is 0.489 e. The van der Waals surface area contributed by atoms with Gasteiger partial charge in [-0.2, -0.15) is 0 Å². The second-order valence-electron chi connectivity index (χ2n) is 6.21. The van der Waals surface area contributed by atoms with E-state index in [4.69, 9.17) is 14.2 Å². The molecule has 0 bridgehead atoms. The van der Waals surface area contributed by atoms with Crippen molar-refractivity contribution >= 4 is 5.97 Å². The maximum Gasteiger partial charge on any atom is 0.302 e. The molecule has 0 N–H and O–H groups in total. The molecule has 0 radical (unpaired) electrons. The third-order valence-corrected chi connectivity index (χ3v) is 4.03. The molecule has 144 valence electrons. The van der Waals surface area contributed by atoms with E-state index in [0.29, 0.717) is 18.1 Å². The fourth-order valence-corrected chi connectivity index (χ4v) is 2.59. The Morgan fingerprint density at radius 2 is 1.54 bits per heavy atom. The predicted octanol–water partition coefficient (Wildman–Crippen LogP) is 5.09. The van der Waals surface area contributed by atoms with Crippen molar-refractivity contribution in [1.29, 1.82) is 0 Å². The molecule has 0 aromatic heterocycles. The van der Waals surface area contributed by atoms with Gasteiger partial charge in [0.2, 0.25) is 0 Å². The van der Waals surface area contributed by atoms with Crippen LogP contribution in [0.1, 0.15) is 24.2 Å². The van der Waals surface area contributed by atoms with Crippen molar-refractivity contribution in [3.63, 3.8) is 0 Å². The van der Waals surface area contributed by atoms with Crippen LogP contribution in [0.5, 0.6) is 11.5 Å². The fraction of sp³-hybridized carbons (Fsp3) is 0.174. The lowest BCUT2D eigenvalue weighted by Gasteiger charge is -2.19. The summed E-state index contributed by atoms with van der Waals surface area (Å²) in [7, 11) is 0. The van der Waals surface area contributed by atoms with E-state index in [0.717, 1.165) is 11.1 Å². The molecular formula is C23H21FO4. The van der Waals surface area contributed by atoms with Gasteiger partial charge in [-0.25, -0.2) is 4.39 Å². The van der Waals surface area contributed by atoms with Crippen LogP contribution in [0.15, 0.2) is 78.9 Å². The lowest BCUT2D eigenvalue weighted by Crippen LogP contribution is -2.16. The zero-order valence-electron chi connectivity index (χ0n) is 15.5. The van der Waals surface area contributed by atoms with Crippen molar-refractivity contribution in [2.24, 2.45) is 0 Å². The molecular weight excluding hydrogens is 359 g/mol. The van der Waals surface area contributed by atoms with E-state index in [1.54, 1.807) is 12.1 Å². The first kappa shape index (κ1) is 19.4. The van der Waals surface area contributed by atoms with Gasteiger partial charge in [0.1, 0.15) is 30.5 Å². The quantitative estimate of drug-likeness (QED) is 0.511. The standard InChI is InChI=1S/C23H21FO4/c1-17(25)26-16-23(19-5-3-2-4-6-19)28-22-11-7-18(8-12-22)15-27-21-13-9-20(24)10-14-21/h2-14,23H,15-16H2,1H3. The SMILES string of the molecule is CC(=O)OCC(Oc1ccc(COc2ccc(F)cc2)cc1)c1ccccc1. The number of rotatable bonds is 8. The maximum atomic E-state index is 12.9. The average molecular weight is 380 g/mol. The summed E-state index contributed by atoms with van der Waals surface area (Å²) in [6, 6.07) is 23.0. The van der Waals surface area contributed by atoms with E-state index in [9.17, 15) is 9.18 Å².